The average Bonchev–Trinajstić information content (AvgIpc) is 2.54. The minimum absolute atomic E-state index is 0.714. The largest absolute Gasteiger partial charge is 0.463 e. The summed E-state index contributed by atoms with van der Waals surface area (Å²) in [5, 5.41) is 0. The minimum atomic E-state index is 0.714. The molecule has 2 rings (SSSR count). The summed E-state index contributed by atoms with van der Waals surface area (Å²) in [6.45, 7) is 1.66. The lowest BCUT2D eigenvalue weighted by molar-refractivity contribution is 0.352. The van der Waals surface area contributed by atoms with Crippen LogP contribution in [0, 0.1) is 0 Å². The summed E-state index contributed by atoms with van der Waals surface area (Å²) in [5.74, 6) is 0. The van der Waals surface area contributed by atoms with E-state index in [1.165, 1.54) is 0 Å². The van der Waals surface area contributed by atoms with E-state index in [1.807, 2.05) is 42.3 Å². The molecule has 1 saturated heterocycles. The van der Waals surface area contributed by atoms with Crippen LogP contribution in [-0.2, 0) is 4.74 Å². The van der Waals surface area contributed by atoms with Gasteiger partial charge in [0.1, 0.15) is 6.61 Å². The molecule has 1 aliphatic heterocycles. The van der Waals surface area contributed by atoms with Crippen molar-refractivity contribution >= 4 is 11.7 Å². The Morgan fingerprint density at radius 3 is 2.69 bits per heavy atom. The lowest BCUT2D eigenvalue weighted by atomic mass is 10.3. The van der Waals surface area contributed by atoms with Crippen LogP contribution in [0.15, 0.2) is 35.3 Å². The number of para-hydroxylation sites is 1. The van der Waals surface area contributed by atoms with Crippen LogP contribution in [-0.4, -0.2) is 31.1 Å². The van der Waals surface area contributed by atoms with Crippen molar-refractivity contribution in [2.75, 3.05) is 20.2 Å². The fourth-order valence-electron chi connectivity index (χ4n) is 1.21. The van der Waals surface area contributed by atoms with Crippen molar-refractivity contribution in [2.24, 2.45) is 4.99 Å². The number of nitrogens with zero attached hydrogens (tertiary/aromatic N) is 2. The second-order valence-electron chi connectivity index (χ2n) is 3.00. The van der Waals surface area contributed by atoms with Gasteiger partial charge in [-0.25, -0.2) is 0 Å². The molecule has 1 heterocycles. The highest BCUT2D eigenvalue weighted by Crippen LogP contribution is 2.12. The number of hydrogen-bond acceptors (Lipinski definition) is 2. The highest BCUT2D eigenvalue weighted by molar-refractivity contribution is 5.78. The van der Waals surface area contributed by atoms with E-state index < -0.39 is 0 Å². The summed E-state index contributed by atoms with van der Waals surface area (Å²) in [6.07, 6.45) is 0. The van der Waals surface area contributed by atoms with E-state index in [1.54, 1.807) is 0 Å². The van der Waals surface area contributed by atoms with Crippen molar-refractivity contribution in [3.8, 4) is 0 Å². The molecule has 1 aliphatic rings. The molecule has 1 aromatic carbocycles. The topological polar surface area (TPSA) is 24.8 Å². The zero-order valence-electron chi connectivity index (χ0n) is 7.60. The van der Waals surface area contributed by atoms with Crippen molar-refractivity contribution in [3.63, 3.8) is 0 Å². The van der Waals surface area contributed by atoms with Crippen molar-refractivity contribution in [3.05, 3.63) is 30.3 Å². The van der Waals surface area contributed by atoms with Gasteiger partial charge in [-0.3, -0.25) is 0 Å². The smallest absolute Gasteiger partial charge is 0.292 e. The van der Waals surface area contributed by atoms with Crippen LogP contribution in [0.5, 0.6) is 0 Å². The Labute approximate surface area is 77.7 Å². The molecule has 3 nitrogen and oxygen atoms in total. The van der Waals surface area contributed by atoms with E-state index in [2.05, 4.69) is 4.99 Å². The van der Waals surface area contributed by atoms with E-state index in [0.29, 0.717) is 6.02 Å². The minimum Gasteiger partial charge on any atom is -0.463 e. The summed E-state index contributed by atoms with van der Waals surface area (Å²) < 4.78 is 5.35. The maximum absolute atomic E-state index is 5.35. The number of amidine groups is 1. The Hall–Kier alpha value is -1.51. The zero-order valence-corrected chi connectivity index (χ0v) is 7.60. The number of likely N-dealkylation sites (N-methyl/N-ethyl adjacent to an activating group) is 1. The monoisotopic (exact) mass is 176 g/mol. The molecule has 0 bridgehead atoms. The van der Waals surface area contributed by atoms with Crippen molar-refractivity contribution in [2.45, 2.75) is 0 Å². The normalized spacial score (nSPS) is 19.2. The molecular weight excluding hydrogens is 164 g/mol. The molecule has 3 heteroatoms. The predicted molar refractivity (Wildman–Crippen MR) is 52.1 cm³/mol. The molecule has 0 aromatic heterocycles. The highest BCUT2D eigenvalue weighted by Gasteiger charge is 2.14. The molecule has 0 saturated carbocycles. The molecule has 1 aromatic rings. The molecular formula is C10H12N2O. The second kappa shape index (κ2) is 3.47. The maximum Gasteiger partial charge on any atom is 0.292 e. The highest BCUT2D eigenvalue weighted by atomic mass is 16.5. The number of hydrogen-bond donors (Lipinski definition) is 0. The lowest BCUT2D eigenvalue weighted by Gasteiger charge is -2.07. The third kappa shape index (κ3) is 1.80. The summed E-state index contributed by atoms with van der Waals surface area (Å²) >= 11 is 0. The molecule has 0 amide bonds. The first-order chi connectivity index (χ1) is 6.36. The van der Waals surface area contributed by atoms with Crippen molar-refractivity contribution < 1.29 is 4.74 Å². The van der Waals surface area contributed by atoms with E-state index in [4.69, 9.17) is 4.74 Å². The third-order valence-corrected chi connectivity index (χ3v) is 1.97. The Bertz CT molecular complexity index is 308. The van der Waals surface area contributed by atoms with Crippen LogP contribution in [0.1, 0.15) is 0 Å². The molecule has 0 unspecified atom stereocenters. The van der Waals surface area contributed by atoms with Gasteiger partial charge in [-0.15, -0.1) is 0 Å². The van der Waals surface area contributed by atoms with Crippen LogP contribution in [0.3, 0.4) is 0 Å². The van der Waals surface area contributed by atoms with Crippen LogP contribution in [0.2, 0.25) is 0 Å². The van der Waals surface area contributed by atoms with Gasteiger partial charge in [0.15, 0.2) is 0 Å². The second-order valence-corrected chi connectivity index (χ2v) is 3.00. The molecule has 0 atom stereocenters. The van der Waals surface area contributed by atoms with E-state index in [0.717, 1.165) is 18.8 Å². The van der Waals surface area contributed by atoms with Gasteiger partial charge in [-0.2, -0.15) is 4.99 Å². The zero-order chi connectivity index (χ0) is 9.10. The van der Waals surface area contributed by atoms with Crippen molar-refractivity contribution in [1.82, 2.24) is 4.90 Å². The molecule has 0 spiro atoms. The van der Waals surface area contributed by atoms with Gasteiger partial charge in [-0.05, 0) is 12.1 Å². The summed E-state index contributed by atoms with van der Waals surface area (Å²) in [6, 6.07) is 10.5. The van der Waals surface area contributed by atoms with Gasteiger partial charge in [0, 0.05) is 7.05 Å². The molecule has 0 aliphatic carbocycles. The first-order valence-electron chi connectivity index (χ1n) is 4.34. The Morgan fingerprint density at radius 1 is 1.31 bits per heavy atom. The fraction of sp³-hybridized carbons (Fsp3) is 0.300. The quantitative estimate of drug-likeness (QED) is 0.649. The number of benzene rings is 1. The molecule has 1 fully saturated rings. The molecule has 13 heavy (non-hydrogen) atoms. The van der Waals surface area contributed by atoms with Gasteiger partial charge in [0.25, 0.3) is 6.02 Å². The number of ether oxygens (including phenoxy) is 1. The first kappa shape index (κ1) is 8.10. The summed E-state index contributed by atoms with van der Waals surface area (Å²) in [4.78, 5) is 6.37. The van der Waals surface area contributed by atoms with Crippen LogP contribution in [0.4, 0.5) is 5.69 Å². The Balaban J connectivity index is 2.20. The summed E-state index contributed by atoms with van der Waals surface area (Å²) in [7, 11) is 1.98. The first-order valence-corrected chi connectivity index (χ1v) is 4.34. The van der Waals surface area contributed by atoms with Crippen molar-refractivity contribution in [1.29, 1.82) is 0 Å². The lowest BCUT2D eigenvalue weighted by Crippen LogP contribution is -2.19. The van der Waals surface area contributed by atoms with Crippen LogP contribution >= 0.6 is 0 Å². The van der Waals surface area contributed by atoms with Gasteiger partial charge >= 0.3 is 0 Å². The molecule has 0 radical (unpaired) electrons. The molecule has 0 N–H and O–H groups in total. The van der Waals surface area contributed by atoms with Gasteiger partial charge in [0.2, 0.25) is 0 Å². The predicted octanol–water partition coefficient (Wildman–Crippen LogP) is 1.64. The average molecular weight is 176 g/mol. The summed E-state index contributed by atoms with van der Waals surface area (Å²) in [5.41, 5.74) is 0.936. The van der Waals surface area contributed by atoms with E-state index in [9.17, 15) is 0 Å². The van der Waals surface area contributed by atoms with Gasteiger partial charge < -0.3 is 9.64 Å². The maximum atomic E-state index is 5.35. The third-order valence-electron chi connectivity index (χ3n) is 1.97. The fourth-order valence-corrected chi connectivity index (χ4v) is 1.21. The SMILES string of the molecule is CN1CCO/C1=N\c1ccccc1. The Morgan fingerprint density at radius 2 is 2.08 bits per heavy atom. The van der Waals surface area contributed by atoms with Crippen LogP contribution in [0.25, 0.3) is 0 Å². The molecule has 68 valence electrons. The van der Waals surface area contributed by atoms with E-state index >= 15 is 0 Å². The number of aliphatic imine (C=N–C) groups is 1. The standard InChI is InChI=1S/C10H12N2O/c1-12-7-8-13-10(12)11-9-5-3-2-4-6-9/h2-6H,7-8H2,1H3/b11-10-. The Kier molecular flexibility index (Phi) is 2.17. The number of rotatable bonds is 1. The van der Waals surface area contributed by atoms with E-state index in [-0.39, 0.29) is 0 Å². The van der Waals surface area contributed by atoms with Crippen LogP contribution < -0.4 is 0 Å². The van der Waals surface area contributed by atoms with Gasteiger partial charge in [-0.1, -0.05) is 18.2 Å². The van der Waals surface area contributed by atoms with Gasteiger partial charge in [0.05, 0.1) is 12.2 Å².